The van der Waals surface area contributed by atoms with Crippen LogP contribution in [0.4, 0.5) is 13.2 Å². The van der Waals surface area contributed by atoms with Crippen molar-refractivity contribution < 1.29 is 17.9 Å². The van der Waals surface area contributed by atoms with Crippen LogP contribution in [0.15, 0.2) is 10.4 Å². The molecule has 2 rings (SSSR count). The van der Waals surface area contributed by atoms with Gasteiger partial charge in [-0.2, -0.15) is 13.2 Å². The molecule has 1 saturated heterocycles. The van der Waals surface area contributed by atoms with E-state index in [9.17, 15) is 13.2 Å². The van der Waals surface area contributed by atoms with E-state index in [2.05, 4.69) is 25.5 Å². The Morgan fingerprint density at radius 2 is 2.11 bits per heavy atom. The number of thiazole rings is 1. The molecule has 0 aromatic carbocycles. The molecule has 1 aromatic heterocycles. The summed E-state index contributed by atoms with van der Waals surface area (Å²) in [5, 5.41) is 8.05. The number of halogens is 4. The van der Waals surface area contributed by atoms with E-state index >= 15 is 0 Å². The van der Waals surface area contributed by atoms with Gasteiger partial charge in [-0.25, -0.2) is 4.98 Å². The van der Waals surface area contributed by atoms with Gasteiger partial charge in [0.2, 0.25) is 0 Å². The quantitative estimate of drug-likeness (QED) is 0.328. The van der Waals surface area contributed by atoms with Crippen LogP contribution >= 0.6 is 35.3 Å². The van der Waals surface area contributed by atoms with Crippen LogP contribution in [0, 0.1) is 0 Å². The minimum absolute atomic E-state index is 0. The van der Waals surface area contributed by atoms with Crippen molar-refractivity contribution in [1.82, 2.24) is 20.5 Å². The number of methoxy groups -OCH3 is 1. The van der Waals surface area contributed by atoms with Crippen LogP contribution in [-0.2, 0) is 17.3 Å². The van der Waals surface area contributed by atoms with Crippen molar-refractivity contribution in [3.63, 3.8) is 0 Å². The monoisotopic (exact) mass is 521 g/mol. The van der Waals surface area contributed by atoms with Crippen LogP contribution in [0.25, 0.3) is 0 Å². The highest BCUT2D eigenvalue weighted by Crippen LogP contribution is 2.29. The molecule has 156 valence electrons. The van der Waals surface area contributed by atoms with E-state index in [1.54, 1.807) is 14.2 Å². The smallest absolute Gasteiger partial charge is 0.383 e. The van der Waals surface area contributed by atoms with Crippen molar-refractivity contribution in [2.24, 2.45) is 4.99 Å². The first-order valence-corrected chi connectivity index (χ1v) is 9.50. The third kappa shape index (κ3) is 8.48. The second-order valence-corrected chi connectivity index (χ2v) is 7.07. The van der Waals surface area contributed by atoms with Crippen molar-refractivity contribution in [2.75, 3.05) is 46.9 Å². The van der Waals surface area contributed by atoms with Gasteiger partial charge in [-0.3, -0.25) is 4.99 Å². The Kier molecular flexibility index (Phi) is 10.9. The van der Waals surface area contributed by atoms with Crippen molar-refractivity contribution in [1.29, 1.82) is 0 Å². The Bertz CT molecular complexity index is 577. The molecule has 0 unspecified atom stereocenters. The van der Waals surface area contributed by atoms with Gasteiger partial charge < -0.3 is 20.3 Å². The summed E-state index contributed by atoms with van der Waals surface area (Å²) in [6.07, 6.45) is -1.91. The van der Waals surface area contributed by atoms with Gasteiger partial charge in [0.05, 0.1) is 11.6 Å². The standard InChI is InChI=1S/C16H26F3N5OS.HI/c1-20-15(22-12-4-7-24(8-5-12)9-10-25-2)21-6-3-14-23-13(11-26-14)16(17,18)19;/h11-12H,3-10H2,1-2H3,(H2,20,21,22);1H. The summed E-state index contributed by atoms with van der Waals surface area (Å²) in [6.45, 7) is 4.20. The lowest BCUT2D eigenvalue weighted by Gasteiger charge is -2.32. The fraction of sp³-hybridized carbons (Fsp3) is 0.750. The Labute approximate surface area is 179 Å². The van der Waals surface area contributed by atoms with Crippen molar-refractivity contribution in [3.05, 3.63) is 16.1 Å². The molecule has 11 heteroatoms. The molecule has 0 aliphatic carbocycles. The number of likely N-dealkylation sites (tertiary alicyclic amines) is 1. The molecule has 27 heavy (non-hydrogen) atoms. The van der Waals surface area contributed by atoms with Crippen molar-refractivity contribution in [2.45, 2.75) is 31.5 Å². The van der Waals surface area contributed by atoms with E-state index < -0.39 is 11.9 Å². The third-order valence-corrected chi connectivity index (χ3v) is 5.15. The fourth-order valence-electron chi connectivity index (χ4n) is 2.75. The van der Waals surface area contributed by atoms with Crippen LogP contribution in [0.1, 0.15) is 23.5 Å². The van der Waals surface area contributed by atoms with E-state index in [1.165, 1.54) is 0 Å². The number of nitrogens with zero attached hydrogens (tertiary/aromatic N) is 3. The maximum Gasteiger partial charge on any atom is 0.434 e. The molecule has 2 heterocycles. The first-order valence-electron chi connectivity index (χ1n) is 8.62. The molecular formula is C16H27F3IN5OS. The molecule has 0 amide bonds. The molecule has 0 radical (unpaired) electrons. The summed E-state index contributed by atoms with van der Waals surface area (Å²) in [5.74, 6) is 0.674. The van der Waals surface area contributed by atoms with Crippen LogP contribution in [0.2, 0.25) is 0 Å². The summed E-state index contributed by atoms with van der Waals surface area (Å²) in [4.78, 5) is 10.2. The molecule has 1 aromatic rings. The van der Waals surface area contributed by atoms with E-state index in [0.29, 0.717) is 30.0 Å². The Balaban J connectivity index is 0.00000364. The van der Waals surface area contributed by atoms with Gasteiger partial charge in [0.15, 0.2) is 11.7 Å². The van der Waals surface area contributed by atoms with E-state index in [-0.39, 0.29) is 24.0 Å². The Morgan fingerprint density at radius 3 is 2.67 bits per heavy atom. The van der Waals surface area contributed by atoms with E-state index in [1.807, 2.05) is 0 Å². The molecule has 0 spiro atoms. The second kappa shape index (κ2) is 12.0. The van der Waals surface area contributed by atoms with Crippen LogP contribution in [0.3, 0.4) is 0 Å². The van der Waals surface area contributed by atoms with Crippen LogP contribution in [0.5, 0.6) is 0 Å². The number of hydrogen-bond donors (Lipinski definition) is 2. The molecule has 1 aliphatic heterocycles. The lowest BCUT2D eigenvalue weighted by atomic mass is 10.1. The summed E-state index contributed by atoms with van der Waals surface area (Å²) in [5.41, 5.74) is -0.819. The maximum absolute atomic E-state index is 12.6. The largest absolute Gasteiger partial charge is 0.434 e. The molecule has 0 bridgehead atoms. The average molecular weight is 521 g/mol. The van der Waals surface area contributed by atoms with Gasteiger partial charge >= 0.3 is 6.18 Å². The zero-order valence-electron chi connectivity index (χ0n) is 15.5. The SMILES string of the molecule is CN=C(NCCc1nc(C(F)(F)F)cs1)NC1CCN(CCOC)CC1.I. The predicted molar refractivity (Wildman–Crippen MR) is 112 cm³/mol. The molecule has 2 N–H and O–H groups in total. The third-order valence-electron chi connectivity index (χ3n) is 4.24. The normalized spacial score (nSPS) is 16.9. The molecular weight excluding hydrogens is 494 g/mol. The summed E-state index contributed by atoms with van der Waals surface area (Å²) in [7, 11) is 3.40. The molecule has 0 atom stereocenters. The van der Waals surface area contributed by atoms with Gasteiger partial charge in [0.25, 0.3) is 0 Å². The highest BCUT2D eigenvalue weighted by Gasteiger charge is 2.33. The number of nitrogens with one attached hydrogen (secondary N) is 2. The zero-order valence-corrected chi connectivity index (χ0v) is 18.7. The van der Waals surface area contributed by atoms with Crippen molar-refractivity contribution >= 4 is 41.3 Å². The zero-order chi connectivity index (χ0) is 19.0. The fourth-order valence-corrected chi connectivity index (χ4v) is 3.56. The lowest BCUT2D eigenvalue weighted by Crippen LogP contribution is -2.49. The summed E-state index contributed by atoms with van der Waals surface area (Å²) < 4.78 is 42.8. The highest BCUT2D eigenvalue weighted by atomic mass is 127. The molecule has 0 saturated carbocycles. The van der Waals surface area contributed by atoms with Crippen molar-refractivity contribution in [3.8, 4) is 0 Å². The Hall–Kier alpha value is -0.660. The number of ether oxygens (including phenoxy) is 1. The summed E-state index contributed by atoms with van der Waals surface area (Å²) in [6, 6.07) is 0.344. The van der Waals surface area contributed by atoms with E-state index in [4.69, 9.17) is 4.74 Å². The number of rotatable bonds is 7. The molecule has 1 fully saturated rings. The second-order valence-electron chi connectivity index (χ2n) is 6.13. The maximum atomic E-state index is 12.6. The minimum Gasteiger partial charge on any atom is -0.383 e. The van der Waals surface area contributed by atoms with Gasteiger partial charge in [0, 0.05) is 58.2 Å². The van der Waals surface area contributed by atoms with Gasteiger partial charge in [-0.15, -0.1) is 35.3 Å². The highest BCUT2D eigenvalue weighted by molar-refractivity contribution is 14.0. The molecule has 6 nitrogen and oxygen atoms in total. The number of hydrogen-bond acceptors (Lipinski definition) is 5. The predicted octanol–water partition coefficient (Wildman–Crippen LogP) is 2.60. The van der Waals surface area contributed by atoms with Gasteiger partial charge in [-0.05, 0) is 12.8 Å². The van der Waals surface area contributed by atoms with Gasteiger partial charge in [0.1, 0.15) is 0 Å². The number of alkyl halides is 3. The topological polar surface area (TPSA) is 61.8 Å². The van der Waals surface area contributed by atoms with Crippen LogP contribution in [-0.4, -0.2) is 68.8 Å². The first kappa shape index (κ1) is 24.4. The lowest BCUT2D eigenvalue weighted by molar-refractivity contribution is -0.140. The number of aliphatic imine (C=N–C) groups is 1. The van der Waals surface area contributed by atoms with Gasteiger partial charge in [-0.1, -0.05) is 0 Å². The summed E-state index contributed by atoms with van der Waals surface area (Å²) >= 11 is 1.03. The Morgan fingerprint density at radius 1 is 1.41 bits per heavy atom. The van der Waals surface area contributed by atoms with E-state index in [0.717, 1.165) is 55.8 Å². The minimum atomic E-state index is -4.38. The number of piperidine rings is 1. The molecule has 1 aliphatic rings. The van der Waals surface area contributed by atoms with Crippen LogP contribution < -0.4 is 10.6 Å². The number of guanidine groups is 1. The average Bonchev–Trinajstić information content (AvgIpc) is 3.09. The number of aromatic nitrogens is 1. The first-order chi connectivity index (χ1) is 12.4.